The number of amides is 1. The summed E-state index contributed by atoms with van der Waals surface area (Å²) in [7, 11) is 0. The number of Topliss-reactive ketones (excluding diaryl/α,β-unsaturated/α-hetero) is 1. The molecule has 32 heavy (non-hydrogen) atoms. The average Bonchev–Trinajstić information content (AvgIpc) is 3.47. The second-order valence-corrected chi connectivity index (χ2v) is 8.35. The molecule has 0 radical (unpaired) electrons. The van der Waals surface area contributed by atoms with Crippen LogP contribution in [-0.2, 0) is 11.3 Å². The molecule has 168 valence electrons. The number of ketones is 1. The van der Waals surface area contributed by atoms with Crippen LogP contribution in [0.5, 0.6) is 0 Å². The lowest BCUT2D eigenvalue weighted by Crippen LogP contribution is -2.49. The number of furan rings is 1. The third-order valence-corrected chi connectivity index (χ3v) is 6.38. The van der Waals surface area contributed by atoms with Crippen molar-refractivity contribution in [3.05, 3.63) is 48.0 Å². The highest BCUT2D eigenvalue weighted by Crippen LogP contribution is 2.25. The van der Waals surface area contributed by atoms with E-state index in [-0.39, 0.29) is 17.4 Å². The molecule has 1 amide bonds. The topological polar surface area (TPSA) is 84.5 Å². The summed E-state index contributed by atoms with van der Waals surface area (Å²) in [5.74, 6) is 0.944. The van der Waals surface area contributed by atoms with E-state index in [2.05, 4.69) is 10.2 Å². The van der Waals surface area contributed by atoms with Gasteiger partial charge < -0.3 is 14.2 Å². The van der Waals surface area contributed by atoms with Gasteiger partial charge in [0.05, 0.1) is 17.7 Å². The van der Waals surface area contributed by atoms with Gasteiger partial charge in [-0.3, -0.25) is 14.2 Å². The van der Waals surface area contributed by atoms with Gasteiger partial charge in [-0.15, -0.1) is 10.2 Å². The Balaban J connectivity index is 1.33. The first-order valence-corrected chi connectivity index (χ1v) is 11.4. The fraction of sp³-hybridized carbons (Fsp3) is 0.364. The van der Waals surface area contributed by atoms with Crippen LogP contribution in [0.3, 0.4) is 0 Å². The molecule has 0 aliphatic carbocycles. The number of benzene rings is 1. The Hall–Kier alpha value is -3.14. The second kappa shape index (κ2) is 9.56. The predicted octanol–water partition coefficient (Wildman–Crippen LogP) is 3.34. The summed E-state index contributed by atoms with van der Waals surface area (Å²) >= 11 is 1.35. The number of hydrogen-bond donors (Lipinski definition) is 0. The third-order valence-electron chi connectivity index (χ3n) is 5.43. The molecule has 0 saturated carbocycles. The van der Waals surface area contributed by atoms with E-state index in [9.17, 15) is 14.0 Å². The molecular formula is C22H24FN5O3S. The molecule has 1 saturated heterocycles. The van der Waals surface area contributed by atoms with E-state index < -0.39 is 5.82 Å². The van der Waals surface area contributed by atoms with Crippen LogP contribution in [0.15, 0.2) is 46.2 Å². The van der Waals surface area contributed by atoms with Gasteiger partial charge in [0.1, 0.15) is 5.82 Å². The first-order valence-electron chi connectivity index (χ1n) is 10.4. The van der Waals surface area contributed by atoms with Crippen molar-refractivity contribution in [2.75, 3.05) is 36.8 Å². The summed E-state index contributed by atoms with van der Waals surface area (Å²) < 4.78 is 21.8. The zero-order chi connectivity index (χ0) is 22.7. The molecule has 10 heteroatoms. The van der Waals surface area contributed by atoms with Crippen LogP contribution in [0.1, 0.15) is 24.2 Å². The lowest BCUT2D eigenvalue weighted by Gasteiger charge is -2.36. The monoisotopic (exact) mass is 457 g/mol. The van der Waals surface area contributed by atoms with Crippen molar-refractivity contribution in [2.24, 2.45) is 0 Å². The van der Waals surface area contributed by atoms with Crippen molar-refractivity contribution >= 4 is 29.1 Å². The van der Waals surface area contributed by atoms with Crippen LogP contribution >= 0.6 is 11.8 Å². The SMILES string of the molecule is CCn1c(SCC(=O)N2CCN(c3ccc(C(C)=O)cc3F)CC2)nnc1-c1ccco1. The highest BCUT2D eigenvalue weighted by molar-refractivity contribution is 7.99. The summed E-state index contributed by atoms with van der Waals surface area (Å²) in [4.78, 5) is 27.8. The van der Waals surface area contributed by atoms with Crippen molar-refractivity contribution in [3.8, 4) is 11.6 Å². The highest BCUT2D eigenvalue weighted by atomic mass is 32.2. The van der Waals surface area contributed by atoms with Crippen LogP contribution in [0.2, 0.25) is 0 Å². The first kappa shape index (κ1) is 22.1. The Morgan fingerprint density at radius 1 is 1.16 bits per heavy atom. The van der Waals surface area contributed by atoms with Crippen molar-refractivity contribution in [1.82, 2.24) is 19.7 Å². The Kier molecular flexibility index (Phi) is 6.59. The fourth-order valence-electron chi connectivity index (χ4n) is 3.67. The quantitative estimate of drug-likeness (QED) is 0.397. The number of piperazine rings is 1. The molecule has 8 nitrogen and oxygen atoms in total. The maximum absolute atomic E-state index is 14.4. The molecule has 0 N–H and O–H groups in total. The molecule has 0 spiro atoms. The van der Waals surface area contributed by atoms with E-state index in [1.165, 1.54) is 24.8 Å². The number of halogens is 1. The first-order chi connectivity index (χ1) is 15.5. The predicted molar refractivity (Wildman–Crippen MR) is 119 cm³/mol. The molecular weight excluding hydrogens is 433 g/mol. The molecule has 0 unspecified atom stereocenters. The van der Waals surface area contributed by atoms with Crippen molar-refractivity contribution in [1.29, 1.82) is 0 Å². The van der Waals surface area contributed by atoms with Crippen LogP contribution in [0, 0.1) is 5.82 Å². The Morgan fingerprint density at radius 2 is 1.94 bits per heavy atom. The van der Waals surface area contributed by atoms with Crippen LogP contribution in [0.25, 0.3) is 11.6 Å². The van der Waals surface area contributed by atoms with E-state index in [0.29, 0.717) is 60.7 Å². The molecule has 1 fully saturated rings. The lowest BCUT2D eigenvalue weighted by molar-refractivity contribution is -0.128. The van der Waals surface area contributed by atoms with Crippen molar-refractivity contribution in [2.45, 2.75) is 25.5 Å². The van der Waals surface area contributed by atoms with Gasteiger partial charge in [0.2, 0.25) is 5.91 Å². The average molecular weight is 458 g/mol. The molecule has 0 bridgehead atoms. The van der Waals surface area contributed by atoms with Crippen molar-refractivity contribution in [3.63, 3.8) is 0 Å². The number of carbonyl (C=O) groups is 2. The largest absolute Gasteiger partial charge is 0.461 e. The molecule has 2 aromatic heterocycles. The van der Waals surface area contributed by atoms with Gasteiger partial charge >= 0.3 is 0 Å². The second-order valence-electron chi connectivity index (χ2n) is 7.41. The number of hydrogen-bond acceptors (Lipinski definition) is 7. The molecule has 1 aromatic carbocycles. The summed E-state index contributed by atoms with van der Waals surface area (Å²) in [6.07, 6.45) is 1.59. The van der Waals surface area contributed by atoms with Gasteiger partial charge in [0, 0.05) is 38.3 Å². The maximum Gasteiger partial charge on any atom is 0.233 e. The smallest absolute Gasteiger partial charge is 0.233 e. The Morgan fingerprint density at radius 3 is 2.56 bits per heavy atom. The fourth-order valence-corrected chi connectivity index (χ4v) is 4.57. The van der Waals surface area contributed by atoms with Gasteiger partial charge in [0.25, 0.3) is 0 Å². The number of thioether (sulfide) groups is 1. The van der Waals surface area contributed by atoms with Crippen molar-refractivity contribution < 1.29 is 18.4 Å². The van der Waals surface area contributed by atoms with Crippen LogP contribution in [0.4, 0.5) is 10.1 Å². The van der Waals surface area contributed by atoms with E-state index in [1.807, 2.05) is 22.5 Å². The summed E-state index contributed by atoms with van der Waals surface area (Å²) in [6, 6.07) is 8.16. The molecule has 3 heterocycles. The van der Waals surface area contributed by atoms with Gasteiger partial charge in [-0.05, 0) is 44.2 Å². The highest BCUT2D eigenvalue weighted by Gasteiger charge is 2.24. The number of carbonyl (C=O) groups excluding carboxylic acids is 2. The Labute approximate surface area is 189 Å². The summed E-state index contributed by atoms with van der Waals surface area (Å²) in [6.45, 7) is 6.13. The molecule has 1 aliphatic rings. The minimum absolute atomic E-state index is 0.00671. The molecule has 0 atom stereocenters. The van der Waals surface area contributed by atoms with Crippen LogP contribution in [-0.4, -0.2) is 63.3 Å². The van der Waals surface area contributed by atoms with E-state index >= 15 is 0 Å². The minimum atomic E-state index is -0.417. The standard InChI is InChI=1S/C22H24FN5O3S/c1-3-28-21(19-5-4-12-31-19)24-25-22(28)32-14-20(30)27-10-8-26(9-11-27)18-7-6-16(15(2)29)13-17(18)23/h4-7,12-13H,3,8-11,14H2,1-2H3. The van der Waals surface area contributed by atoms with Gasteiger partial charge in [0.15, 0.2) is 22.5 Å². The summed E-state index contributed by atoms with van der Waals surface area (Å²) in [5, 5.41) is 9.08. The molecule has 3 aromatic rings. The number of nitrogens with zero attached hydrogens (tertiary/aromatic N) is 5. The number of anilines is 1. The zero-order valence-electron chi connectivity index (χ0n) is 18.0. The lowest BCUT2D eigenvalue weighted by atomic mass is 10.1. The van der Waals surface area contributed by atoms with Gasteiger partial charge in [-0.1, -0.05) is 11.8 Å². The number of aromatic nitrogens is 3. The maximum atomic E-state index is 14.4. The zero-order valence-corrected chi connectivity index (χ0v) is 18.8. The van der Waals surface area contributed by atoms with Gasteiger partial charge in [-0.25, -0.2) is 4.39 Å². The van der Waals surface area contributed by atoms with E-state index in [4.69, 9.17) is 4.42 Å². The van der Waals surface area contributed by atoms with E-state index in [0.717, 1.165) is 0 Å². The van der Waals surface area contributed by atoms with Crippen LogP contribution < -0.4 is 4.90 Å². The minimum Gasteiger partial charge on any atom is -0.461 e. The summed E-state index contributed by atoms with van der Waals surface area (Å²) in [5.41, 5.74) is 0.810. The van der Waals surface area contributed by atoms with E-state index in [1.54, 1.807) is 29.4 Å². The van der Waals surface area contributed by atoms with Gasteiger partial charge in [-0.2, -0.15) is 0 Å². The normalized spacial score (nSPS) is 14.1. The third kappa shape index (κ3) is 4.55. The number of rotatable bonds is 7. The molecule has 1 aliphatic heterocycles. The Bertz CT molecular complexity index is 1110. The molecule has 4 rings (SSSR count).